The summed E-state index contributed by atoms with van der Waals surface area (Å²) in [7, 11) is 2.16. The van der Waals surface area contributed by atoms with Crippen LogP contribution in [0.4, 0.5) is 0 Å². The van der Waals surface area contributed by atoms with Gasteiger partial charge in [0.1, 0.15) is 0 Å². The molecule has 0 aromatic heterocycles. The van der Waals surface area contributed by atoms with Crippen molar-refractivity contribution in [2.45, 2.75) is 23.5 Å². The van der Waals surface area contributed by atoms with Crippen molar-refractivity contribution >= 4 is 35.7 Å². The maximum absolute atomic E-state index is 11.5. The Bertz CT molecular complexity index is 868. The third-order valence-corrected chi connectivity index (χ3v) is 6.23. The first-order valence-electron chi connectivity index (χ1n) is 8.63. The molecule has 4 rings (SSSR count). The Hall–Kier alpha value is -1.75. The van der Waals surface area contributed by atoms with Gasteiger partial charge in [-0.2, -0.15) is 0 Å². The van der Waals surface area contributed by atoms with Gasteiger partial charge < -0.3 is 10.0 Å². The lowest BCUT2D eigenvalue weighted by Crippen LogP contribution is -2.27. The number of thioether (sulfide) groups is 1. The molecule has 2 aliphatic heterocycles. The van der Waals surface area contributed by atoms with E-state index in [9.17, 15) is 9.90 Å². The van der Waals surface area contributed by atoms with Gasteiger partial charge in [-0.3, -0.25) is 0 Å². The summed E-state index contributed by atoms with van der Waals surface area (Å²) in [6.45, 7) is 2.12. The van der Waals surface area contributed by atoms with Gasteiger partial charge in [-0.1, -0.05) is 29.8 Å². The third-order valence-electron chi connectivity index (χ3n) is 5.11. The molecule has 0 amide bonds. The van der Waals surface area contributed by atoms with E-state index in [-0.39, 0.29) is 12.4 Å². The van der Waals surface area contributed by atoms with E-state index in [1.165, 1.54) is 27.2 Å². The molecule has 1 fully saturated rings. The summed E-state index contributed by atoms with van der Waals surface area (Å²) < 4.78 is 0. The zero-order chi connectivity index (χ0) is 17.4. The highest BCUT2D eigenvalue weighted by Gasteiger charge is 2.24. The minimum atomic E-state index is -0.860. The van der Waals surface area contributed by atoms with E-state index in [0.717, 1.165) is 37.2 Å². The number of hydrogen-bond acceptors (Lipinski definition) is 3. The average molecular weight is 388 g/mol. The fourth-order valence-electron chi connectivity index (χ4n) is 3.69. The number of carbonyl (C=O) groups is 1. The lowest BCUT2D eigenvalue weighted by Gasteiger charge is -2.27. The molecule has 0 atom stereocenters. The van der Waals surface area contributed by atoms with Crippen LogP contribution in [0.5, 0.6) is 0 Å². The molecule has 136 valence electrons. The van der Waals surface area contributed by atoms with Gasteiger partial charge in [-0.25, -0.2) is 4.79 Å². The molecule has 0 bridgehead atoms. The van der Waals surface area contributed by atoms with Crippen LogP contribution in [0.2, 0.25) is 0 Å². The van der Waals surface area contributed by atoms with Crippen LogP contribution in [0.15, 0.2) is 52.9 Å². The summed E-state index contributed by atoms with van der Waals surface area (Å²) >= 11 is 1.84. The largest absolute Gasteiger partial charge is 0.478 e. The van der Waals surface area contributed by atoms with Crippen LogP contribution < -0.4 is 0 Å². The number of nitrogens with zero attached hydrogens (tertiary/aromatic N) is 1. The second kappa shape index (κ2) is 7.87. The van der Waals surface area contributed by atoms with E-state index < -0.39 is 5.97 Å². The Morgan fingerprint density at radius 1 is 1.08 bits per heavy atom. The summed E-state index contributed by atoms with van der Waals surface area (Å²) in [5, 5.41) is 9.46. The molecule has 0 radical (unpaired) electrons. The molecule has 1 N–H and O–H groups in total. The first-order valence-corrected chi connectivity index (χ1v) is 9.61. The SMILES string of the molecule is CN1CCC(=C2c3cc(C(=O)O)ccc3CSc3ccccc32)CC1.Cl. The average Bonchev–Trinajstić information content (AvgIpc) is 2.79. The lowest BCUT2D eigenvalue weighted by atomic mass is 9.86. The minimum absolute atomic E-state index is 0. The van der Waals surface area contributed by atoms with Crippen molar-refractivity contribution in [3.05, 3.63) is 70.3 Å². The molecule has 26 heavy (non-hydrogen) atoms. The molecule has 5 heteroatoms. The van der Waals surface area contributed by atoms with Gasteiger partial charge >= 0.3 is 5.97 Å². The number of likely N-dealkylation sites (tertiary alicyclic amines) is 1. The molecule has 2 aliphatic rings. The maximum atomic E-state index is 11.5. The Labute approximate surface area is 164 Å². The smallest absolute Gasteiger partial charge is 0.335 e. The quantitative estimate of drug-likeness (QED) is 0.752. The van der Waals surface area contributed by atoms with Crippen LogP contribution in [0.25, 0.3) is 5.57 Å². The highest BCUT2D eigenvalue weighted by Crippen LogP contribution is 2.43. The molecule has 3 nitrogen and oxygen atoms in total. The van der Waals surface area contributed by atoms with E-state index in [1.807, 2.05) is 23.9 Å². The monoisotopic (exact) mass is 387 g/mol. The summed E-state index contributed by atoms with van der Waals surface area (Å²) in [5.41, 5.74) is 6.69. The van der Waals surface area contributed by atoms with Crippen LogP contribution in [0.1, 0.15) is 39.9 Å². The van der Waals surface area contributed by atoms with E-state index in [2.05, 4.69) is 36.2 Å². The molecular formula is C21H22ClNO2S. The van der Waals surface area contributed by atoms with Crippen LogP contribution in [0.3, 0.4) is 0 Å². The number of aromatic carboxylic acids is 1. The highest BCUT2D eigenvalue weighted by molar-refractivity contribution is 7.98. The number of rotatable bonds is 1. The Balaban J connectivity index is 0.00000196. The summed E-state index contributed by atoms with van der Waals surface area (Å²) in [4.78, 5) is 15.2. The van der Waals surface area contributed by atoms with Gasteiger partial charge in [0.05, 0.1) is 5.56 Å². The van der Waals surface area contributed by atoms with Crippen molar-refractivity contribution in [3.63, 3.8) is 0 Å². The number of carboxylic acid groups (broad SMARTS) is 1. The van der Waals surface area contributed by atoms with E-state index >= 15 is 0 Å². The molecule has 2 aromatic rings. The van der Waals surface area contributed by atoms with E-state index in [1.54, 1.807) is 6.07 Å². The van der Waals surface area contributed by atoms with E-state index in [0.29, 0.717) is 5.56 Å². The Morgan fingerprint density at radius 2 is 1.81 bits per heavy atom. The Morgan fingerprint density at radius 3 is 2.54 bits per heavy atom. The fraction of sp³-hybridized carbons (Fsp3) is 0.286. The summed E-state index contributed by atoms with van der Waals surface area (Å²) in [5.74, 6) is 0.0175. The van der Waals surface area contributed by atoms with Gasteiger partial charge in [-0.15, -0.1) is 24.2 Å². The minimum Gasteiger partial charge on any atom is -0.478 e. The molecule has 0 unspecified atom stereocenters. The zero-order valence-electron chi connectivity index (χ0n) is 14.7. The third kappa shape index (κ3) is 3.54. The van der Waals surface area contributed by atoms with Crippen LogP contribution in [-0.4, -0.2) is 36.1 Å². The standard InChI is InChI=1S/C21H21NO2S.ClH/c1-22-10-8-14(9-11-22)20-17-4-2-3-5-19(17)25-13-16-7-6-15(21(23)24)12-18(16)20;/h2-7,12H,8-11,13H2,1H3,(H,23,24);1H. The predicted octanol–water partition coefficient (Wildman–Crippen LogP) is 4.94. The second-order valence-electron chi connectivity index (χ2n) is 6.74. The Kier molecular flexibility index (Phi) is 5.76. The second-order valence-corrected chi connectivity index (χ2v) is 7.76. The number of benzene rings is 2. The number of piperidine rings is 1. The van der Waals surface area contributed by atoms with Crippen molar-refractivity contribution in [2.24, 2.45) is 0 Å². The van der Waals surface area contributed by atoms with Crippen molar-refractivity contribution in [1.29, 1.82) is 0 Å². The molecule has 2 heterocycles. The number of fused-ring (bicyclic) bond motifs is 2. The van der Waals surface area contributed by atoms with Gasteiger partial charge in [-0.05, 0) is 60.4 Å². The molecular weight excluding hydrogens is 366 g/mol. The van der Waals surface area contributed by atoms with Crippen LogP contribution >= 0.6 is 24.2 Å². The van der Waals surface area contributed by atoms with E-state index in [4.69, 9.17) is 0 Å². The van der Waals surface area contributed by atoms with Crippen LogP contribution in [0, 0.1) is 0 Å². The zero-order valence-corrected chi connectivity index (χ0v) is 16.3. The molecule has 1 saturated heterocycles. The van der Waals surface area contributed by atoms with Crippen molar-refractivity contribution in [3.8, 4) is 0 Å². The summed E-state index contributed by atoms with van der Waals surface area (Å²) in [6, 6.07) is 14.1. The van der Waals surface area contributed by atoms with Gasteiger partial charge in [0.25, 0.3) is 0 Å². The maximum Gasteiger partial charge on any atom is 0.335 e. The molecule has 0 saturated carbocycles. The van der Waals surface area contributed by atoms with Gasteiger partial charge in [0.2, 0.25) is 0 Å². The van der Waals surface area contributed by atoms with Gasteiger partial charge in [0.15, 0.2) is 0 Å². The normalized spacial score (nSPS) is 17.0. The van der Waals surface area contributed by atoms with Crippen molar-refractivity contribution in [1.82, 2.24) is 4.90 Å². The first kappa shape index (κ1) is 19.0. The lowest BCUT2D eigenvalue weighted by molar-refractivity contribution is 0.0697. The van der Waals surface area contributed by atoms with Crippen molar-refractivity contribution in [2.75, 3.05) is 20.1 Å². The molecule has 0 aliphatic carbocycles. The molecule has 0 spiro atoms. The summed E-state index contributed by atoms with van der Waals surface area (Å²) in [6.07, 6.45) is 2.09. The van der Waals surface area contributed by atoms with Crippen LogP contribution in [-0.2, 0) is 5.75 Å². The predicted molar refractivity (Wildman–Crippen MR) is 109 cm³/mol. The topological polar surface area (TPSA) is 40.5 Å². The van der Waals surface area contributed by atoms with Crippen molar-refractivity contribution < 1.29 is 9.90 Å². The number of hydrogen-bond donors (Lipinski definition) is 1. The number of carboxylic acids is 1. The number of halogens is 1. The highest BCUT2D eigenvalue weighted by atomic mass is 35.5. The fourth-order valence-corrected chi connectivity index (χ4v) is 4.75. The first-order chi connectivity index (χ1) is 12.1. The molecule has 2 aromatic carbocycles. The van der Waals surface area contributed by atoms with Gasteiger partial charge in [0, 0.05) is 23.7 Å².